The van der Waals surface area contributed by atoms with Gasteiger partial charge in [-0.3, -0.25) is 0 Å². The second-order valence-corrected chi connectivity index (χ2v) is 12.7. The molecule has 3 fully saturated rings. The maximum absolute atomic E-state index is 10.2. The average Bonchev–Trinajstić information content (AvgIpc) is 3.03. The van der Waals surface area contributed by atoms with E-state index in [4.69, 9.17) is 0 Å². The van der Waals surface area contributed by atoms with Gasteiger partial charge in [-0.2, -0.15) is 0 Å². The highest BCUT2D eigenvalue weighted by Gasteiger charge is 2.59. The molecule has 0 aliphatic heterocycles. The molecule has 9 atom stereocenters. The summed E-state index contributed by atoms with van der Waals surface area (Å²) in [7, 11) is 0. The minimum atomic E-state index is -0.0790. The molecule has 29 heavy (non-hydrogen) atoms. The fourth-order valence-electron chi connectivity index (χ4n) is 8.68. The first kappa shape index (κ1) is 21.9. The van der Waals surface area contributed by atoms with Crippen molar-refractivity contribution in [3.05, 3.63) is 11.6 Å². The Morgan fingerprint density at radius 1 is 0.966 bits per heavy atom. The molecule has 4 aliphatic rings. The summed E-state index contributed by atoms with van der Waals surface area (Å²) in [6, 6.07) is 0. The lowest BCUT2D eigenvalue weighted by Gasteiger charge is -2.58. The van der Waals surface area contributed by atoms with Crippen LogP contribution in [0.15, 0.2) is 11.6 Å². The monoisotopic (exact) mass is 400 g/mol. The van der Waals surface area contributed by atoms with Crippen LogP contribution in [0.25, 0.3) is 0 Å². The van der Waals surface area contributed by atoms with Crippen molar-refractivity contribution in [2.45, 2.75) is 112 Å². The Kier molecular flexibility index (Phi) is 6.04. The Hall–Kier alpha value is -0.300. The molecule has 4 aliphatic carbocycles. The molecule has 0 saturated heterocycles. The SMILES string of the molecule is CC(C)[C@@H](C)CC[C@@H](C)[C@H]1CC[C@H]2[C@@H]3CC=C4C[C@@H](O)CC[C@]4(C)[C@@H]3CC[C@]12C. The molecule has 0 aromatic heterocycles. The van der Waals surface area contributed by atoms with E-state index in [0.29, 0.717) is 10.8 Å². The molecule has 4 rings (SSSR count). The molecule has 0 unspecified atom stereocenters. The van der Waals surface area contributed by atoms with E-state index < -0.39 is 0 Å². The van der Waals surface area contributed by atoms with Crippen molar-refractivity contribution in [1.29, 1.82) is 0 Å². The Bertz CT molecular complexity index is 620. The van der Waals surface area contributed by atoms with Crippen molar-refractivity contribution in [2.24, 2.45) is 52.3 Å². The molecule has 0 amide bonds. The fourth-order valence-corrected chi connectivity index (χ4v) is 8.68. The van der Waals surface area contributed by atoms with E-state index in [1.54, 1.807) is 5.57 Å². The molecule has 1 nitrogen and oxygen atoms in total. The van der Waals surface area contributed by atoms with Crippen LogP contribution >= 0.6 is 0 Å². The van der Waals surface area contributed by atoms with Crippen LogP contribution < -0.4 is 0 Å². The number of aliphatic hydroxyl groups excluding tert-OH is 1. The number of rotatable bonds is 5. The van der Waals surface area contributed by atoms with Crippen molar-refractivity contribution >= 4 is 0 Å². The number of hydrogen-bond donors (Lipinski definition) is 1. The van der Waals surface area contributed by atoms with Crippen molar-refractivity contribution in [3.63, 3.8) is 0 Å². The second-order valence-electron chi connectivity index (χ2n) is 12.7. The third-order valence-corrected chi connectivity index (χ3v) is 11.1. The van der Waals surface area contributed by atoms with E-state index in [1.165, 1.54) is 51.4 Å². The Labute approximate surface area is 181 Å². The molecule has 0 aromatic rings. The summed E-state index contributed by atoms with van der Waals surface area (Å²) in [6.45, 7) is 15.1. The maximum atomic E-state index is 10.2. The highest BCUT2D eigenvalue weighted by atomic mass is 16.3. The molecule has 0 heterocycles. The van der Waals surface area contributed by atoms with Gasteiger partial charge in [0, 0.05) is 0 Å². The van der Waals surface area contributed by atoms with Crippen LogP contribution in [-0.2, 0) is 0 Å². The van der Waals surface area contributed by atoms with E-state index in [0.717, 1.165) is 54.3 Å². The van der Waals surface area contributed by atoms with Crippen LogP contribution in [0.3, 0.4) is 0 Å². The minimum Gasteiger partial charge on any atom is -0.393 e. The number of allylic oxidation sites excluding steroid dienone is 1. The normalized spacial score (nSPS) is 46.5. The quantitative estimate of drug-likeness (QED) is 0.470. The van der Waals surface area contributed by atoms with Gasteiger partial charge in [-0.05, 0) is 104 Å². The first-order chi connectivity index (χ1) is 13.7. The van der Waals surface area contributed by atoms with E-state index in [2.05, 4.69) is 47.6 Å². The largest absolute Gasteiger partial charge is 0.393 e. The van der Waals surface area contributed by atoms with Gasteiger partial charge in [0.1, 0.15) is 0 Å². The summed E-state index contributed by atoms with van der Waals surface area (Å²) in [4.78, 5) is 0. The Balaban J connectivity index is 1.49. The molecular weight excluding hydrogens is 352 g/mol. The van der Waals surface area contributed by atoms with Gasteiger partial charge >= 0.3 is 0 Å². The van der Waals surface area contributed by atoms with Gasteiger partial charge in [0.2, 0.25) is 0 Å². The van der Waals surface area contributed by atoms with E-state index in [1.807, 2.05) is 0 Å². The first-order valence-corrected chi connectivity index (χ1v) is 13.0. The number of fused-ring (bicyclic) bond motifs is 5. The fraction of sp³-hybridized carbons (Fsp3) is 0.929. The smallest absolute Gasteiger partial charge is 0.0577 e. The highest BCUT2D eigenvalue weighted by molar-refractivity contribution is 5.25. The molecule has 0 bridgehead atoms. The minimum absolute atomic E-state index is 0.0790. The standard InChI is InChI=1S/C28H48O/c1-18(2)19(3)7-8-20(4)24-11-12-25-23-10-9-21-17-22(29)13-15-27(21,5)26(23)14-16-28(24,25)6/h9,18-20,22-26,29H,7-8,10-17H2,1-6H3/t19-,20+,22-,23-,24+,25-,26+,27-,28+/m0/s1. The summed E-state index contributed by atoms with van der Waals surface area (Å²) in [5.74, 6) is 6.24. The molecule has 0 radical (unpaired) electrons. The zero-order chi connectivity index (χ0) is 21.0. The third-order valence-electron chi connectivity index (χ3n) is 11.1. The molecular formula is C28H48O. The van der Waals surface area contributed by atoms with Crippen LogP contribution in [0.2, 0.25) is 0 Å². The highest BCUT2D eigenvalue weighted by Crippen LogP contribution is 2.67. The van der Waals surface area contributed by atoms with Crippen LogP contribution in [0.5, 0.6) is 0 Å². The molecule has 1 heteroatoms. The predicted octanol–water partition coefficient (Wildman–Crippen LogP) is 7.63. The molecule has 3 saturated carbocycles. The zero-order valence-corrected chi connectivity index (χ0v) is 20.2. The van der Waals surface area contributed by atoms with Gasteiger partial charge in [-0.15, -0.1) is 0 Å². The van der Waals surface area contributed by atoms with Gasteiger partial charge in [0.15, 0.2) is 0 Å². The van der Waals surface area contributed by atoms with E-state index >= 15 is 0 Å². The lowest BCUT2D eigenvalue weighted by atomic mass is 9.47. The maximum Gasteiger partial charge on any atom is 0.0577 e. The van der Waals surface area contributed by atoms with Crippen molar-refractivity contribution in [2.75, 3.05) is 0 Å². The van der Waals surface area contributed by atoms with Crippen molar-refractivity contribution in [1.82, 2.24) is 0 Å². The molecule has 0 aromatic carbocycles. The lowest BCUT2D eigenvalue weighted by Crippen LogP contribution is -2.50. The average molecular weight is 401 g/mol. The second kappa shape index (κ2) is 7.99. The Morgan fingerprint density at radius 3 is 2.45 bits per heavy atom. The van der Waals surface area contributed by atoms with Crippen LogP contribution in [0.4, 0.5) is 0 Å². The number of aliphatic hydroxyl groups is 1. The molecule has 166 valence electrons. The van der Waals surface area contributed by atoms with Crippen LogP contribution in [0.1, 0.15) is 106 Å². The summed E-state index contributed by atoms with van der Waals surface area (Å²) >= 11 is 0. The lowest BCUT2D eigenvalue weighted by molar-refractivity contribution is -0.0574. The van der Waals surface area contributed by atoms with Gasteiger partial charge in [0.25, 0.3) is 0 Å². The zero-order valence-electron chi connectivity index (χ0n) is 20.2. The van der Waals surface area contributed by atoms with Gasteiger partial charge in [-0.1, -0.05) is 66.0 Å². The summed E-state index contributed by atoms with van der Waals surface area (Å²) in [5, 5.41) is 10.2. The summed E-state index contributed by atoms with van der Waals surface area (Å²) in [5.41, 5.74) is 2.59. The van der Waals surface area contributed by atoms with Gasteiger partial charge in [-0.25, -0.2) is 0 Å². The van der Waals surface area contributed by atoms with Crippen molar-refractivity contribution < 1.29 is 5.11 Å². The van der Waals surface area contributed by atoms with E-state index in [9.17, 15) is 5.11 Å². The van der Waals surface area contributed by atoms with Gasteiger partial charge in [0.05, 0.1) is 6.10 Å². The summed E-state index contributed by atoms with van der Waals surface area (Å²) < 4.78 is 0. The third kappa shape index (κ3) is 3.66. The molecule has 0 spiro atoms. The van der Waals surface area contributed by atoms with Crippen molar-refractivity contribution in [3.8, 4) is 0 Å². The predicted molar refractivity (Wildman–Crippen MR) is 124 cm³/mol. The topological polar surface area (TPSA) is 20.2 Å². The Morgan fingerprint density at radius 2 is 1.72 bits per heavy atom. The van der Waals surface area contributed by atoms with Gasteiger partial charge < -0.3 is 5.11 Å². The summed E-state index contributed by atoms with van der Waals surface area (Å²) in [6.07, 6.45) is 15.7. The van der Waals surface area contributed by atoms with E-state index in [-0.39, 0.29) is 6.10 Å². The van der Waals surface area contributed by atoms with Crippen LogP contribution in [0, 0.1) is 52.3 Å². The number of hydrogen-bond acceptors (Lipinski definition) is 1. The molecule has 1 N–H and O–H groups in total. The first-order valence-electron chi connectivity index (χ1n) is 13.0. The van der Waals surface area contributed by atoms with Crippen LogP contribution in [-0.4, -0.2) is 11.2 Å².